The molecule has 0 unspecified atom stereocenters. The molecule has 0 atom stereocenters. The van der Waals surface area contributed by atoms with Crippen molar-refractivity contribution in [3.8, 4) is 0 Å². The summed E-state index contributed by atoms with van der Waals surface area (Å²) in [6, 6.07) is 4.78. The number of nitrogens with two attached hydrogens (primary N) is 1. The van der Waals surface area contributed by atoms with Crippen LogP contribution >= 0.6 is 0 Å². The van der Waals surface area contributed by atoms with Gasteiger partial charge in [0.05, 0.1) is 4.92 Å². The molecular weight excluding hydrogens is 260 g/mol. The highest BCUT2D eigenvalue weighted by atomic mass is 16.6. The van der Waals surface area contributed by atoms with Crippen molar-refractivity contribution in [2.24, 2.45) is 10.9 Å². The third-order valence-electron chi connectivity index (χ3n) is 3.45. The maximum atomic E-state index is 11.2. The van der Waals surface area contributed by atoms with Crippen LogP contribution in [0, 0.1) is 10.1 Å². The van der Waals surface area contributed by atoms with Gasteiger partial charge in [-0.25, -0.2) is 0 Å². The Kier molecular flexibility index (Phi) is 5.31. The monoisotopic (exact) mass is 280 g/mol. The molecule has 7 heteroatoms. The lowest BCUT2D eigenvalue weighted by molar-refractivity contribution is -0.384. The molecule has 0 saturated heterocycles. The molecule has 0 aliphatic carbocycles. The molecule has 0 bridgehead atoms. The van der Waals surface area contributed by atoms with E-state index < -0.39 is 4.92 Å². The molecule has 110 valence electrons. The number of amidine groups is 1. The Balaban J connectivity index is 3.30. The molecule has 20 heavy (non-hydrogen) atoms. The molecule has 7 nitrogen and oxygen atoms in total. The van der Waals surface area contributed by atoms with Crippen LogP contribution in [0.25, 0.3) is 0 Å². The highest BCUT2D eigenvalue weighted by Crippen LogP contribution is 2.30. The van der Waals surface area contributed by atoms with E-state index >= 15 is 0 Å². The Labute approximate surface area is 117 Å². The van der Waals surface area contributed by atoms with Gasteiger partial charge in [-0.2, -0.15) is 0 Å². The van der Waals surface area contributed by atoms with Gasteiger partial charge in [0.25, 0.3) is 5.69 Å². The van der Waals surface area contributed by atoms with Gasteiger partial charge in [0.15, 0.2) is 5.84 Å². The van der Waals surface area contributed by atoms with Crippen LogP contribution in [0.1, 0.15) is 32.3 Å². The summed E-state index contributed by atoms with van der Waals surface area (Å²) in [6.07, 6.45) is 1.79. The molecule has 0 radical (unpaired) electrons. The fraction of sp³-hybridized carbons (Fsp3) is 0.462. The Morgan fingerprint density at radius 2 is 2.10 bits per heavy atom. The molecule has 0 aliphatic rings. The van der Waals surface area contributed by atoms with E-state index in [1.807, 2.05) is 25.8 Å². The summed E-state index contributed by atoms with van der Waals surface area (Å²) in [6.45, 7) is 4.09. The first-order chi connectivity index (χ1) is 9.46. The second kappa shape index (κ2) is 6.74. The second-order valence-electron chi connectivity index (χ2n) is 4.53. The number of anilines is 1. The van der Waals surface area contributed by atoms with Gasteiger partial charge in [-0.05, 0) is 25.0 Å². The first kappa shape index (κ1) is 15.7. The van der Waals surface area contributed by atoms with E-state index in [9.17, 15) is 10.1 Å². The van der Waals surface area contributed by atoms with E-state index in [-0.39, 0.29) is 17.6 Å². The first-order valence-corrected chi connectivity index (χ1v) is 6.45. The maximum Gasteiger partial charge on any atom is 0.293 e. The molecule has 0 spiro atoms. The summed E-state index contributed by atoms with van der Waals surface area (Å²) in [5.74, 6) is -0.148. The molecule has 0 aromatic heterocycles. The summed E-state index contributed by atoms with van der Waals surface area (Å²) in [5.41, 5.74) is 6.26. The minimum absolute atomic E-state index is 0.0523. The zero-order chi connectivity index (χ0) is 15.3. The van der Waals surface area contributed by atoms with Gasteiger partial charge >= 0.3 is 0 Å². The fourth-order valence-electron chi connectivity index (χ4n) is 2.22. The highest BCUT2D eigenvalue weighted by Gasteiger charge is 2.22. The van der Waals surface area contributed by atoms with E-state index in [0.717, 1.165) is 12.8 Å². The number of nitro benzene ring substituents is 1. The lowest BCUT2D eigenvalue weighted by Crippen LogP contribution is -2.31. The van der Waals surface area contributed by atoms with E-state index in [2.05, 4.69) is 5.16 Å². The molecule has 3 N–H and O–H groups in total. The highest BCUT2D eigenvalue weighted by molar-refractivity contribution is 5.98. The Hall–Kier alpha value is -2.31. The molecule has 1 aromatic carbocycles. The number of rotatable bonds is 6. The predicted octanol–water partition coefficient (Wildman–Crippen LogP) is 2.31. The van der Waals surface area contributed by atoms with Crippen molar-refractivity contribution in [3.63, 3.8) is 0 Å². The Morgan fingerprint density at radius 3 is 2.55 bits per heavy atom. The molecule has 0 fully saturated rings. The molecule has 0 amide bonds. The minimum atomic E-state index is -0.456. The van der Waals surface area contributed by atoms with Gasteiger partial charge in [0.1, 0.15) is 5.69 Å². The summed E-state index contributed by atoms with van der Waals surface area (Å²) in [4.78, 5) is 12.7. The van der Waals surface area contributed by atoms with E-state index in [1.54, 1.807) is 12.1 Å². The van der Waals surface area contributed by atoms with Crippen LogP contribution in [0.4, 0.5) is 11.4 Å². The topological polar surface area (TPSA) is 105 Å². The zero-order valence-electron chi connectivity index (χ0n) is 11.9. The average Bonchev–Trinajstić information content (AvgIpc) is 2.46. The third-order valence-corrected chi connectivity index (χ3v) is 3.45. The van der Waals surface area contributed by atoms with Crippen LogP contribution in [0.3, 0.4) is 0 Å². The van der Waals surface area contributed by atoms with Crippen LogP contribution in [-0.4, -0.2) is 29.1 Å². The van der Waals surface area contributed by atoms with Crippen molar-refractivity contribution in [3.05, 3.63) is 33.9 Å². The SMILES string of the molecule is CCC(CC)N(C)c1ccc(C(N)=NO)cc1[N+](=O)[O-]. The van der Waals surface area contributed by atoms with Crippen molar-refractivity contribution in [1.29, 1.82) is 0 Å². The van der Waals surface area contributed by atoms with Gasteiger partial charge in [-0.1, -0.05) is 19.0 Å². The standard InChI is InChI=1S/C13H20N4O3/c1-4-10(5-2)16(3)11-7-6-9(13(14)15-18)8-12(11)17(19)20/h6-8,10,18H,4-5H2,1-3H3,(H2,14,15). The van der Waals surface area contributed by atoms with E-state index in [4.69, 9.17) is 10.9 Å². The summed E-state index contributed by atoms with van der Waals surface area (Å²) < 4.78 is 0. The van der Waals surface area contributed by atoms with Gasteiger partial charge in [-0.3, -0.25) is 10.1 Å². The lowest BCUT2D eigenvalue weighted by Gasteiger charge is -2.28. The van der Waals surface area contributed by atoms with Crippen LogP contribution < -0.4 is 10.6 Å². The summed E-state index contributed by atoms with van der Waals surface area (Å²) in [5, 5.41) is 22.7. The van der Waals surface area contributed by atoms with E-state index in [1.165, 1.54) is 6.07 Å². The largest absolute Gasteiger partial charge is 0.409 e. The van der Waals surface area contributed by atoms with Gasteiger partial charge in [0, 0.05) is 24.7 Å². The van der Waals surface area contributed by atoms with Gasteiger partial charge < -0.3 is 15.8 Å². The Morgan fingerprint density at radius 1 is 1.50 bits per heavy atom. The van der Waals surface area contributed by atoms with Gasteiger partial charge in [-0.15, -0.1) is 0 Å². The number of nitro groups is 1. The summed E-state index contributed by atoms with van der Waals surface area (Å²) in [7, 11) is 1.84. The van der Waals surface area contributed by atoms with Crippen molar-refractivity contribution < 1.29 is 10.1 Å². The normalized spacial score (nSPS) is 11.7. The first-order valence-electron chi connectivity index (χ1n) is 6.45. The molecule has 0 aliphatic heterocycles. The quantitative estimate of drug-likeness (QED) is 0.273. The molecule has 1 aromatic rings. The molecule has 1 rings (SSSR count). The van der Waals surface area contributed by atoms with Gasteiger partial charge in [0.2, 0.25) is 0 Å². The van der Waals surface area contributed by atoms with Crippen LogP contribution in [0.15, 0.2) is 23.4 Å². The van der Waals surface area contributed by atoms with Crippen molar-refractivity contribution >= 4 is 17.2 Å². The fourth-order valence-corrected chi connectivity index (χ4v) is 2.22. The number of benzene rings is 1. The second-order valence-corrected chi connectivity index (χ2v) is 4.53. The van der Waals surface area contributed by atoms with E-state index in [0.29, 0.717) is 11.3 Å². The zero-order valence-corrected chi connectivity index (χ0v) is 11.9. The van der Waals surface area contributed by atoms with Crippen molar-refractivity contribution in [2.45, 2.75) is 32.7 Å². The minimum Gasteiger partial charge on any atom is -0.409 e. The van der Waals surface area contributed by atoms with Crippen molar-refractivity contribution in [2.75, 3.05) is 11.9 Å². The molecule has 0 heterocycles. The summed E-state index contributed by atoms with van der Waals surface area (Å²) >= 11 is 0. The van der Waals surface area contributed by atoms with Crippen LogP contribution in [0.5, 0.6) is 0 Å². The number of hydrogen-bond donors (Lipinski definition) is 2. The Bertz CT molecular complexity index is 512. The number of oxime groups is 1. The van der Waals surface area contributed by atoms with Crippen LogP contribution in [-0.2, 0) is 0 Å². The lowest BCUT2D eigenvalue weighted by atomic mass is 10.1. The molecular formula is C13H20N4O3. The molecule has 0 saturated carbocycles. The predicted molar refractivity (Wildman–Crippen MR) is 78.4 cm³/mol. The number of nitrogens with zero attached hydrogens (tertiary/aromatic N) is 3. The van der Waals surface area contributed by atoms with Crippen molar-refractivity contribution in [1.82, 2.24) is 0 Å². The third kappa shape index (κ3) is 3.17. The smallest absolute Gasteiger partial charge is 0.293 e. The maximum absolute atomic E-state index is 11.2. The van der Waals surface area contributed by atoms with Crippen LogP contribution in [0.2, 0.25) is 0 Å². The number of hydrogen-bond acceptors (Lipinski definition) is 5. The average molecular weight is 280 g/mol.